The molecule has 0 spiro atoms. The second kappa shape index (κ2) is 10.9. The van der Waals surface area contributed by atoms with E-state index in [-0.39, 0.29) is 18.6 Å². The van der Waals surface area contributed by atoms with Crippen molar-refractivity contribution in [2.75, 3.05) is 40.0 Å². The van der Waals surface area contributed by atoms with Crippen molar-refractivity contribution >= 4 is 11.9 Å². The van der Waals surface area contributed by atoms with Crippen LogP contribution in [0.3, 0.4) is 0 Å². The summed E-state index contributed by atoms with van der Waals surface area (Å²) in [6, 6.07) is 7.71. The third kappa shape index (κ3) is 7.56. The Bertz CT molecular complexity index is 614. The second-order valence-electron chi connectivity index (χ2n) is 6.70. The SMILES string of the molecule is Cc1cccc(OCCN(C)C(=O)COC(=O)C(C)OCC2CCCO2)c1. The lowest BCUT2D eigenvalue weighted by Crippen LogP contribution is -2.36. The van der Waals surface area contributed by atoms with Gasteiger partial charge in [0.25, 0.3) is 5.91 Å². The molecule has 7 nitrogen and oxygen atoms in total. The van der Waals surface area contributed by atoms with Crippen molar-refractivity contribution in [2.24, 2.45) is 0 Å². The third-order valence-corrected chi connectivity index (χ3v) is 4.34. The largest absolute Gasteiger partial charge is 0.492 e. The number of rotatable bonds is 10. The molecule has 0 aromatic heterocycles. The van der Waals surface area contributed by atoms with Gasteiger partial charge in [0.2, 0.25) is 0 Å². The van der Waals surface area contributed by atoms with E-state index in [4.69, 9.17) is 18.9 Å². The number of likely N-dealkylation sites (N-methyl/N-ethyl adjacent to an activating group) is 1. The molecule has 150 valence electrons. The van der Waals surface area contributed by atoms with Gasteiger partial charge in [-0.2, -0.15) is 0 Å². The summed E-state index contributed by atoms with van der Waals surface area (Å²) in [4.78, 5) is 25.5. The molecule has 1 aliphatic heterocycles. The Morgan fingerprint density at radius 3 is 2.89 bits per heavy atom. The highest BCUT2D eigenvalue weighted by molar-refractivity contribution is 5.81. The van der Waals surface area contributed by atoms with Crippen LogP contribution in [0, 0.1) is 6.92 Å². The molecule has 1 fully saturated rings. The number of amides is 1. The fourth-order valence-corrected chi connectivity index (χ4v) is 2.59. The Labute approximate surface area is 160 Å². The van der Waals surface area contributed by atoms with Gasteiger partial charge in [0.15, 0.2) is 12.7 Å². The molecule has 0 aliphatic carbocycles. The van der Waals surface area contributed by atoms with Crippen LogP contribution in [0.4, 0.5) is 0 Å². The van der Waals surface area contributed by atoms with Gasteiger partial charge >= 0.3 is 5.97 Å². The summed E-state index contributed by atoms with van der Waals surface area (Å²) < 4.78 is 21.6. The monoisotopic (exact) mass is 379 g/mol. The van der Waals surface area contributed by atoms with E-state index in [0.717, 1.165) is 30.8 Å². The number of aryl methyl sites for hydroxylation is 1. The molecule has 1 heterocycles. The van der Waals surface area contributed by atoms with E-state index < -0.39 is 12.1 Å². The van der Waals surface area contributed by atoms with Crippen LogP contribution in [0.5, 0.6) is 5.75 Å². The van der Waals surface area contributed by atoms with E-state index in [1.807, 2.05) is 31.2 Å². The van der Waals surface area contributed by atoms with Gasteiger partial charge in [-0.15, -0.1) is 0 Å². The van der Waals surface area contributed by atoms with Crippen LogP contribution in [-0.4, -0.2) is 69.0 Å². The first-order chi connectivity index (χ1) is 13.0. The maximum Gasteiger partial charge on any atom is 0.335 e. The topological polar surface area (TPSA) is 74.3 Å². The normalized spacial score (nSPS) is 17.4. The maximum absolute atomic E-state index is 12.1. The Balaban J connectivity index is 1.60. The summed E-state index contributed by atoms with van der Waals surface area (Å²) in [5, 5.41) is 0. The number of benzene rings is 1. The van der Waals surface area contributed by atoms with Crippen molar-refractivity contribution in [3.8, 4) is 5.75 Å². The van der Waals surface area contributed by atoms with Crippen molar-refractivity contribution in [3.63, 3.8) is 0 Å². The standard InChI is InChI=1S/C20H29NO6/c1-15-6-4-7-17(12-15)25-11-9-21(3)19(22)14-27-20(23)16(2)26-13-18-8-5-10-24-18/h4,6-7,12,16,18H,5,8-11,13-14H2,1-3H3. The fraction of sp³-hybridized carbons (Fsp3) is 0.600. The van der Waals surface area contributed by atoms with Crippen LogP contribution in [0.2, 0.25) is 0 Å². The third-order valence-electron chi connectivity index (χ3n) is 4.34. The zero-order valence-electron chi connectivity index (χ0n) is 16.3. The van der Waals surface area contributed by atoms with Gasteiger partial charge in [0, 0.05) is 13.7 Å². The van der Waals surface area contributed by atoms with Gasteiger partial charge in [-0.25, -0.2) is 4.79 Å². The van der Waals surface area contributed by atoms with E-state index in [2.05, 4.69) is 0 Å². The summed E-state index contributed by atoms with van der Waals surface area (Å²) in [7, 11) is 1.65. The summed E-state index contributed by atoms with van der Waals surface area (Å²) in [6.45, 7) is 5.15. The van der Waals surface area contributed by atoms with Crippen molar-refractivity contribution in [1.82, 2.24) is 4.90 Å². The Morgan fingerprint density at radius 2 is 2.19 bits per heavy atom. The fourth-order valence-electron chi connectivity index (χ4n) is 2.59. The molecule has 2 unspecified atom stereocenters. The molecule has 1 aliphatic rings. The van der Waals surface area contributed by atoms with Gasteiger partial charge in [0.05, 0.1) is 19.3 Å². The summed E-state index contributed by atoms with van der Waals surface area (Å²) >= 11 is 0. The second-order valence-corrected chi connectivity index (χ2v) is 6.70. The van der Waals surface area contributed by atoms with Crippen molar-refractivity contribution in [3.05, 3.63) is 29.8 Å². The molecule has 1 aromatic carbocycles. The molecule has 0 N–H and O–H groups in total. The van der Waals surface area contributed by atoms with Crippen LogP contribution in [0.15, 0.2) is 24.3 Å². The molecule has 0 saturated carbocycles. The first kappa shape index (κ1) is 21.2. The van der Waals surface area contributed by atoms with E-state index in [1.54, 1.807) is 14.0 Å². The highest BCUT2D eigenvalue weighted by Crippen LogP contribution is 2.13. The van der Waals surface area contributed by atoms with E-state index in [0.29, 0.717) is 19.8 Å². The summed E-state index contributed by atoms with van der Waals surface area (Å²) in [6.07, 6.45) is 1.27. The number of hydrogen-bond acceptors (Lipinski definition) is 6. The molecule has 27 heavy (non-hydrogen) atoms. The van der Waals surface area contributed by atoms with Crippen LogP contribution in [0.25, 0.3) is 0 Å². The Hall–Kier alpha value is -2.12. The smallest absolute Gasteiger partial charge is 0.335 e. The highest BCUT2D eigenvalue weighted by atomic mass is 16.6. The minimum absolute atomic E-state index is 0.0430. The lowest BCUT2D eigenvalue weighted by atomic mass is 10.2. The predicted octanol–water partition coefficient (Wildman–Crippen LogP) is 1.96. The van der Waals surface area contributed by atoms with Gasteiger partial charge < -0.3 is 23.8 Å². The zero-order chi connectivity index (χ0) is 19.6. The molecular weight excluding hydrogens is 350 g/mol. The molecule has 0 bridgehead atoms. The van der Waals surface area contributed by atoms with Gasteiger partial charge in [-0.05, 0) is 44.4 Å². The molecule has 0 radical (unpaired) electrons. The van der Waals surface area contributed by atoms with E-state index >= 15 is 0 Å². The number of esters is 1. The Kier molecular flexibility index (Phi) is 8.54. The lowest BCUT2D eigenvalue weighted by molar-refractivity contribution is -0.162. The average molecular weight is 379 g/mol. The molecule has 2 rings (SSSR count). The number of carbonyl (C=O) groups excluding carboxylic acids is 2. The van der Waals surface area contributed by atoms with Crippen LogP contribution >= 0.6 is 0 Å². The van der Waals surface area contributed by atoms with Crippen molar-refractivity contribution < 1.29 is 28.5 Å². The molecular formula is C20H29NO6. The van der Waals surface area contributed by atoms with Gasteiger partial charge in [-0.3, -0.25) is 4.79 Å². The van der Waals surface area contributed by atoms with Crippen LogP contribution in [-0.2, 0) is 23.8 Å². The quantitative estimate of drug-likeness (QED) is 0.579. The lowest BCUT2D eigenvalue weighted by Gasteiger charge is -2.19. The minimum Gasteiger partial charge on any atom is -0.492 e. The molecule has 7 heteroatoms. The van der Waals surface area contributed by atoms with Gasteiger partial charge in [0.1, 0.15) is 12.4 Å². The predicted molar refractivity (Wildman–Crippen MR) is 99.7 cm³/mol. The van der Waals surface area contributed by atoms with E-state index in [1.165, 1.54) is 4.90 Å². The average Bonchev–Trinajstić information content (AvgIpc) is 3.17. The number of nitrogens with zero attached hydrogens (tertiary/aromatic N) is 1. The van der Waals surface area contributed by atoms with Crippen LogP contribution < -0.4 is 4.74 Å². The number of carbonyl (C=O) groups is 2. The van der Waals surface area contributed by atoms with Crippen molar-refractivity contribution in [2.45, 2.75) is 38.9 Å². The summed E-state index contributed by atoms with van der Waals surface area (Å²) in [5.74, 6) is -0.0761. The highest BCUT2D eigenvalue weighted by Gasteiger charge is 2.21. The van der Waals surface area contributed by atoms with E-state index in [9.17, 15) is 9.59 Å². The first-order valence-corrected chi connectivity index (χ1v) is 9.29. The van der Waals surface area contributed by atoms with Crippen LogP contribution in [0.1, 0.15) is 25.3 Å². The Morgan fingerprint density at radius 1 is 1.37 bits per heavy atom. The molecule has 1 amide bonds. The number of ether oxygens (including phenoxy) is 4. The zero-order valence-corrected chi connectivity index (χ0v) is 16.3. The molecule has 1 saturated heterocycles. The van der Waals surface area contributed by atoms with Gasteiger partial charge in [-0.1, -0.05) is 12.1 Å². The minimum atomic E-state index is -0.725. The summed E-state index contributed by atoms with van der Waals surface area (Å²) in [5.41, 5.74) is 1.11. The first-order valence-electron chi connectivity index (χ1n) is 9.29. The molecule has 2 atom stereocenters. The van der Waals surface area contributed by atoms with Crippen molar-refractivity contribution in [1.29, 1.82) is 0 Å². The maximum atomic E-state index is 12.1. The molecule has 1 aromatic rings. The number of hydrogen-bond donors (Lipinski definition) is 0.